The molecule has 0 saturated heterocycles. The molecule has 0 radical (unpaired) electrons. The number of carbonyl (C=O) groups excluding carboxylic acids is 1. The highest BCUT2D eigenvalue weighted by atomic mass is 35.5. The van der Waals surface area contributed by atoms with Crippen molar-refractivity contribution in [3.05, 3.63) is 95.0 Å². The van der Waals surface area contributed by atoms with Gasteiger partial charge in [-0.3, -0.25) is 4.79 Å². The van der Waals surface area contributed by atoms with Gasteiger partial charge in [-0.2, -0.15) is 0 Å². The predicted octanol–water partition coefficient (Wildman–Crippen LogP) is 7.33. The zero-order chi connectivity index (χ0) is 20.7. The van der Waals surface area contributed by atoms with Crippen LogP contribution in [0.2, 0.25) is 5.02 Å². The van der Waals surface area contributed by atoms with Crippen LogP contribution in [-0.2, 0) is 0 Å². The Balaban J connectivity index is 1.51. The quantitative estimate of drug-likeness (QED) is 0.327. The minimum Gasteiger partial charge on any atom is -0.322 e. The molecule has 4 aromatic carbocycles. The van der Waals surface area contributed by atoms with E-state index >= 15 is 0 Å². The number of amides is 1. The lowest BCUT2D eigenvalue weighted by atomic mass is 10.0. The largest absolute Gasteiger partial charge is 0.322 e. The van der Waals surface area contributed by atoms with Gasteiger partial charge in [0.05, 0.1) is 10.2 Å². The molecule has 0 spiro atoms. The monoisotopic (exact) mass is 428 g/mol. The van der Waals surface area contributed by atoms with E-state index in [-0.39, 0.29) is 5.91 Å². The molecular weight excluding hydrogens is 412 g/mol. The summed E-state index contributed by atoms with van der Waals surface area (Å²) in [5.74, 6) is -0.160. The fourth-order valence-corrected chi connectivity index (χ4v) is 4.74. The SMILES string of the molecule is Cc1ccc(-c2nc3ccccc3s2)cc1NC(=O)c1cccc2c(Cl)cccc12. The summed E-state index contributed by atoms with van der Waals surface area (Å²) in [6, 6.07) is 25.3. The molecule has 0 bridgehead atoms. The molecule has 0 atom stereocenters. The molecule has 0 aliphatic carbocycles. The van der Waals surface area contributed by atoms with Crippen molar-refractivity contribution in [2.45, 2.75) is 6.92 Å². The van der Waals surface area contributed by atoms with Crippen molar-refractivity contribution in [1.82, 2.24) is 4.98 Å². The summed E-state index contributed by atoms with van der Waals surface area (Å²) in [6.07, 6.45) is 0. The van der Waals surface area contributed by atoms with Crippen LogP contribution in [0.15, 0.2) is 78.9 Å². The molecule has 1 amide bonds. The number of rotatable bonds is 3. The number of nitrogens with one attached hydrogen (secondary N) is 1. The van der Waals surface area contributed by atoms with Gasteiger partial charge >= 0.3 is 0 Å². The van der Waals surface area contributed by atoms with Gasteiger partial charge < -0.3 is 5.32 Å². The van der Waals surface area contributed by atoms with Crippen molar-refractivity contribution < 1.29 is 4.79 Å². The lowest BCUT2D eigenvalue weighted by molar-refractivity contribution is 0.102. The smallest absolute Gasteiger partial charge is 0.256 e. The highest BCUT2D eigenvalue weighted by molar-refractivity contribution is 7.21. The van der Waals surface area contributed by atoms with E-state index in [0.29, 0.717) is 10.6 Å². The van der Waals surface area contributed by atoms with Crippen LogP contribution in [-0.4, -0.2) is 10.9 Å². The van der Waals surface area contributed by atoms with Crippen LogP contribution >= 0.6 is 22.9 Å². The van der Waals surface area contributed by atoms with Crippen LogP contribution < -0.4 is 5.32 Å². The minimum atomic E-state index is -0.160. The van der Waals surface area contributed by atoms with Gasteiger partial charge in [-0.1, -0.05) is 60.1 Å². The molecule has 0 aliphatic heterocycles. The lowest BCUT2D eigenvalue weighted by Gasteiger charge is -2.12. The molecule has 1 heterocycles. The van der Waals surface area contributed by atoms with Gasteiger partial charge in [0.15, 0.2) is 0 Å². The van der Waals surface area contributed by atoms with Crippen LogP contribution in [0.4, 0.5) is 5.69 Å². The van der Waals surface area contributed by atoms with Crippen molar-refractivity contribution in [3.63, 3.8) is 0 Å². The highest BCUT2D eigenvalue weighted by Crippen LogP contribution is 2.33. The molecule has 5 rings (SSSR count). The first kappa shape index (κ1) is 18.8. The summed E-state index contributed by atoms with van der Waals surface area (Å²) in [7, 11) is 0. The van der Waals surface area contributed by atoms with Gasteiger partial charge in [-0.25, -0.2) is 4.98 Å². The molecule has 1 N–H and O–H groups in total. The Morgan fingerprint density at radius 1 is 0.933 bits per heavy atom. The first-order chi connectivity index (χ1) is 14.6. The standard InChI is InChI=1S/C25H17ClN2OS/c1-15-12-13-16(25-28-21-10-2-3-11-23(21)30-25)14-22(15)27-24(29)19-8-4-7-18-17(19)6-5-9-20(18)26/h2-14H,1H3,(H,27,29). The number of aryl methyl sites for hydroxylation is 1. The zero-order valence-electron chi connectivity index (χ0n) is 16.1. The molecule has 5 heteroatoms. The number of fused-ring (bicyclic) bond motifs is 2. The molecule has 0 unspecified atom stereocenters. The van der Waals surface area contributed by atoms with Crippen LogP contribution in [0.1, 0.15) is 15.9 Å². The molecule has 3 nitrogen and oxygen atoms in total. The molecule has 1 aromatic heterocycles. The van der Waals surface area contributed by atoms with E-state index in [0.717, 1.165) is 42.8 Å². The predicted molar refractivity (Wildman–Crippen MR) is 127 cm³/mol. The van der Waals surface area contributed by atoms with Gasteiger partial charge in [0.25, 0.3) is 5.91 Å². The van der Waals surface area contributed by atoms with Crippen LogP contribution in [0.3, 0.4) is 0 Å². The molecular formula is C25H17ClN2OS. The van der Waals surface area contributed by atoms with E-state index in [1.165, 1.54) is 0 Å². The normalized spacial score (nSPS) is 11.1. The number of anilines is 1. The summed E-state index contributed by atoms with van der Waals surface area (Å²) in [4.78, 5) is 17.8. The van der Waals surface area contributed by atoms with Crippen molar-refractivity contribution in [2.24, 2.45) is 0 Å². The lowest BCUT2D eigenvalue weighted by Crippen LogP contribution is -2.13. The molecule has 0 fully saturated rings. The average molecular weight is 429 g/mol. The van der Waals surface area contributed by atoms with Crippen LogP contribution in [0, 0.1) is 6.92 Å². The van der Waals surface area contributed by atoms with E-state index < -0.39 is 0 Å². The van der Waals surface area contributed by atoms with Gasteiger partial charge in [0, 0.05) is 27.2 Å². The van der Waals surface area contributed by atoms with Gasteiger partial charge in [0.2, 0.25) is 0 Å². The Labute approximate surface area is 183 Å². The maximum atomic E-state index is 13.1. The molecule has 0 saturated carbocycles. The van der Waals surface area contributed by atoms with E-state index in [1.54, 1.807) is 11.3 Å². The van der Waals surface area contributed by atoms with Gasteiger partial charge in [0.1, 0.15) is 5.01 Å². The third-order valence-corrected chi connectivity index (χ3v) is 6.56. The van der Waals surface area contributed by atoms with Crippen molar-refractivity contribution in [3.8, 4) is 10.6 Å². The Hall–Kier alpha value is -3.21. The summed E-state index contributed by atoms with van der Waals surface area (Å²) < 4.78 is 1.14. The Kier molecular flexibility index (Phi) is 4.74. The van der Waals surface area contributed by atoms with Crippen LogP contribution in [0.25, 0.3) is 31.6 Å². The third-order valence-electron chi connectivity index (χ3n) is 5.14. The van der Waals surface area contributed by atoms with E-state index in [2.05, 4.69) is 11.4 Å². The summed E-state index contributed by atoms with van der Waals surface area (Å²) >= 11 is 7.95. The highest BCUT2D eigenvalue weighted by Gasteiger charge is 2.14. The van der Waals surface area contributed by atoms with Crippen LogP contribution in [0.5, 0.6) is 0 Å². The Morgan fingerprint density at radius 3 is 2.60 bits per heavy atom. The van der Waals surface area contributed by atoms with E-state index in [9.17, 15) is 4.79 Å². The summed E-state index contributed by atoms with van der Waals surface area (Å²) in [5, 5.41) is 6.35. The average Bonchev–Trinajstić information content (AvgIpc) is 3.19. The minimum absolute atomic E-state index is 0.160. The molecule has 0 aliphatic rings. The summed E-state index contributed by atoms with van der Waals surface area (Å²) in [6.45, 7) is 1.98. The fraction of sp³-hybridized carbons (Fsp3) is 0.0400. The van der Waals surface area contributed by atoms with Gasteiger partial charge in [-0.05, 0) is 48.2 Å². The topological polar surface area (TPSA) is 42.0 Å². The van der Waals surface area contributed by atoms with Crippen molar-refractivity contribution in [2.75, 3.05) is 5.32 Å². The van der Waals surface area contributed by atoms with Crippen molar-refractivity contribution >= 4 is 55.5 Å². The number of hydrogen-bond acceptors (Lipinski definition) is 3. The number of halogens is 1. The zero-order valence-corrected chi connectivity index (χ0v) is 17.7. The number of thiazole rings is 1. The Morgan fingerprint density at radius 2 is 1.73 bits per heavy atom. The summed E-state index contributed by atoms with van der Waals surface area (Å²) in [5.41, 5.74) is 4.33. The number of carbonyl (C=O) groups is 1. The number of nitrogens with zero attached hydrogens (tertiary/aromatic N) is 1. The van der Waals surface area contributed by atoms with Gasteiger partial charge in [-0.15, -0.1) is 11.3 Å². The first-order valence-corrected chi connectivity index (χ1v) is 10.7. The van der Waals surface area contributed by atoms with E-state index in [4.69, 9.17) is 16.6 Å². The van der Waals surface area contributed by atoms with E-state index in [1.807, 2.05) is 79.7 Å². The second kappa shape index (κ2) is 7.56. The first-order valence-electron chi connectivity index (χ1n) is 9.55. The third kappa shape index (κ3) is 3.34. The fourth-order valence-electron chi connectivity index (χ4n) is 3.54. The number of benzene rings is 4. The van der Waals surface area contributed by atoms with Crippen molar-refractivity contribution in [1.29, 1.82) is 0 Å². The maximum Gasteiger partial charge on any atom is 0.256 e. The molecule has 146 valence electrons. The second-order valence-electron chi connectivity index (χ2n) is 7.11. The number of hydrogen-bond donors (Lipinski definition) is 1. The number of para-hydroxylation sites is 1. The molecule has 5 aromatic rings. The maximum absolute atomic E-state index is 13.1. The molecule has 30 heavy (non-hydrogen) atoms. The Bertz CT molecular complexity index is 1390. The number of aromatic nitrogens is 1. The second-order valence-corrected chi connectivity index (χ2v) is 8.55.